The third-order valence-electron chi connectivity index (χ3n) is 3.16. The predicted molar refractivity (Wildman–Crippen MR) is 71.3 cm³/mol. The number of hydrogen-bond acceptors (Lipinski definition) is 2. The average Bonchev–Trinajstić information content (AvgIpc) is 2.28. The molecule has 0 saturated heterocycles. The Bertz CT molecular complexity index is 372. The van der Waals surface area contributed by atoms with E-state index in [4.69, 9.17) is 5.11 Å². The fraction of sp³-hybridized carbons (Fsp3) is 0.538. The smallest absolute Gasteiger partial charge is 0.124 e. The van der Waals surface area contributed by atoms with Crippen LogP contribution in [0.3, 0.4) is 0 Å². The van der Waals surface area contributed by atoms with Crippen LogP contribution in [0.5, 0.6) is 0 Å². The minimum absolute atomic E-state index is 0.0808. The second-order valence-electron chi connectivity index (χ2n) is 4.48. The standard InChI is InChI=1S/C13H19BrFNO/c1-3-13(2,6-7-17)16-9-10-4-5-11(15)8-12(10)14/h4-5,8,16-17H,3,6-7,9H2,1-2H3. The summed E-state index contributed by atoms with van der Waals surface area (Å²) < 4.78 is 13.7. The molecule has 0 saturated carbocycles. The fourth-order valence-corrected chi connectivity index (χ4v) is 2.10. The zero-order valence-corrected chi connectivity index (χ0v) is 11.8. The van der Waals surface area contributed by atoms with Crippen molar-refractivity contribution in [2.45, 2.75) is 38.8 Å². The Morgan fingerprint density at radius 3 is 2.71 bits per heavy atom. The average molecular weight is 304 g/mol. The van der Waals surface area contributed by atoms with Gasteiger partial charge in [0.1, 0.15) is 5.82 Å². The lowest BCUT2D eigenvalue weighted by molar-refractivity contribution is 0.214. The molecular weight excluding hydrogens is 285 g/mol. The summed E-state index contributed by atoms with van der Waals surface area (Å²) in [6, 6.07) is 4.69. The Morgan fingerprint density at radius 1 is 1.47 bits per heavy atom. The molecule has 0 aliphatic heterocycles. The number of hydrogen-bond donors (Lipinski definition) is 2. The third kappa shape index (κ3) is 4.37. The first-order valence-corrected chi connectivity index (χ1v) is 6.60. The Kier molecular flexibility index (Phi) is 5.56. The van der Waals surface area contributed by atoms with Crippen molar-refractivity contribution >= 4 is 15.9 Å². The zero-order valence-electron chi connectivity index (χ0n) is 10.3. The molecule has 0 amide bonds. The molecule has 0 radical (unpaired) electrons. The summed E-state index contributed by atoms with van der Waals surface area (Å²) in [5.74, 6) is -0.241. The van der Waals surface area contributed by atoms with E-state index in [1.807, 2.05) is 0 Å². The van der Waals surface area contributed by atoms with E-state index in [1.165, 1.54) is 12.1 Å². The van der Waals surface area contributed by atoms with Crippen molar-refractivity contribution in [3.05, 3.63) is 34.1 Å². The number of nitrogens with one attached hydrogen (secondary N) is 1. The number of aliphatic hydroxyl groups is 1. The van der Waals surface area contributed by atoms with Crippen molar-refractivity contribution in [2.75, 3.05) is 6.61 Å². The topological polar surface area (TPSA) is 32.3 Å². The molecule has 0 fully saturated rings. The first-order valence-electron chi connectivity index (χ1n) is 5.80. The minimum Gasteiger partial charge on any atom is -0.396 e. The summed E-state index contributed by atoms with van der Waals surface area (Å²) in [6.45, 7) is 5.00. The van der Waals surface area contributed by atoms with Gasteiger partial charge in [0, 0.05) is 23.2 Å². The van der Waals surface area contributed by atoms with Gasteiger partial charge in [-0.15, -0.1) is 0 Å². The highest BCUT2D eigenvalue weighted by Gasteiger charge is 2.20. The second kappa shape index (κ2) is 6.47. The Hall–Kier alpha value is -0.450. The first kappa shape index (κ1) is 14.6. The van der Waals surface area contributed by atoms with Crippen molar-refractivity contribution in [3.63, 3.8) is 0 Å². The van der Waals surface area contributed by atoms with Crippen LogP contribution in [0.25, 0.3) is 0 Å². The molecule has 1 atom stereocenters. The lowest BCUT2D eigenvalue weighted by Crippen LogP contribution is -2.42. The summed E-state index contributed by atoms with van der Waals surface area (Å²) in [5.41, 5.74) is 0.937. The molecule has 2 N–H and O–H groups in total. The molecule has 96 valence electrons. The molecule has 1 aromatic carbocycles. The predicted octanol–water partition coefficient (Wildman–Crippen LogP) is 3.23. The van der Waals surface area contributed by atoms with E-state index in [1.54, 1.807) is 6.07 Å². The van der Waals surface area contributed by atoms with Crippen LogP contribution in [0, 0.1) is 5.82 Å². The maximum atomic E-state index is 12.9. The van der Waals surface area contributed by atoms with Gasteiger partial charge in [-0.1, -0.05) is 28.9 Å². The van der Waals surface area contributed by atoms with Crippen molar-refractivity contribution in [3.8, 4) is 0 Å². The van der Waals surface area contributed by atoms with E-state index in [0.717, 1.165) is 16.5 Å². The van der Waals surface area contributed by atoms with E-state index < -0.39 is 0 Å². The molecule has 1 rings (SSSR count). The van der Waals surface area contributed by atoms with Crippen molar-refractivity contribution < 1.29 is 9.50 Å². The summed E-state index contributed by atoms with van der Waals surface area (Å²) in [4.78, 5) is 0. The molecular formula is C13H19BrFNO. The normalized spacial score (nSPS) is 14.6. The number of benzene rings is 1. The summed E-state index contributed by atoms with van der Waals surface area (Å²) in [6.07, 6.45) is 1.65. The highest BCUT2D eigenvalue weighted by atomic mass is 79.9. The van der Waals surface area contributed by atoms with Gasteiger partial charge in [-0.25, -0.2) is 4.39 Å². The van der Waals surface area contributed by atoms with E-state index >= 15 is 0 Å². The van der Waals surface area contributed by atoms with Gasteiger partial charge in [0.25, 0.3) is 0 Å². The SMILES string of the molecule is CCC(C)(CCO)NCc1ccc(F)cc1Br. The molecule has 0 bridgehead atoms. The molecule has 0 heterocycles. The van der Waals surface area contributed by atoms with Crippen molar-refractivity contribution in [1.82, 2.24) is 5.32 Å². The van der Waals surface area contributed by atoms with Crippen LogP contribution in [0.15, 0.2) is 22.7 Å². The van der Waals surface area contributed by atoms with Gasteiger partial charge in [0.15, 0.2) is 0 Å². The molecule has 1 unspecified atom stereocenters. The quantitative estimate of drug-likeness (QED) is 0.846. The third-order valence-corrected chi connectivity index (χ3v) is 3.90. The molecule has 0 aliphatic carbocycles. The highest BCUT2D eigenvalue weighted by Crippen LogP contribution is 2.20. The number of halogens is 2. The van der Waals surface area contributed by atoms with Gasteiger partial charge in [-0.3, -0.25) is 0 Å². The van der Waals surface area contributed by atoms with E-state index in [2.05, 4.69) is 35.1 Å². The molecule has 0 spiro atoms. The van der Waals surface area contributed by atoms with Gasteiger partial charge >= 0.3 is 0 Å². The van der Waals surface area contributed by atoms with E-state index in [-0.39, 0.29) is 18.0 Å². The lowest BCUT2D eigenvalue weighted by Gasteiger charge is -2.29. The van der Waals surface area contributed by atoms with Gasteiger partial charge in [-0.05, 0) is 37.5 Å². The molecule has 17 heavy (non-hydrogen) atoms. The van der Waals surface area contributed by atoms with Crippen LogP contribution >= 0.6 is 15.9 Å². The summed E-state index contributed by atoms with van der Waals surface area (Å²) >= 11 is 3.35. The van der Waals surface area contributed by atoms with Gasteiger partial charge in [0.2, 0.25) is 0 Å². The summed E-state index contributed by atoms with van der Waals surface area (Å²) in [5, 5.41) is 12.4. The van der Waals surface area contributed by atoms with Crippen LogP contribution in [0.1, 0.15) is 32.3 Å². The minimum atomic E-state index is -0.241. The van der Waals surface area contributed by atoms with Gasteiger partial charge in [0.05, 0.1) is 0 Å². The van der Waals surface area contributed by atoms with Crippen LogP contribution in [0.2, 0.25) is 0 Å². The number of aliphatic hydroxyl groups excluding tert-OH is 1. The zero-order chi connectivity index (χ0) is 12.9. The lowest BCUT2D eigenvalue weighted by atomic mass is 9.94. The maximum Gasteiger partial charge on any atom is 0.124 e. The largest absolute Gasteiger partial charge is 0.396 e. The molecule has 2 nitrogen and oxygen atoms in total. The van der Waals surface area contributed by atoms with Crippen LogP contribution in [-0.2, 0) is 6.54 Å². The molecule has 0 aromatic heterocycles. The highest BCUT2D eigenvalue weighted by molar-refractivity contribution is 9.10. The fourth-order valence-electron chi connectivity index (χ4n) is 1.61. The first-order chi connectivity index (χ1) is 8.00. The number of rotatable bonds is 6. The van der Waals surface area contributed by atoms with E-state index in [0.29, 0.717) is 13.0 Å². The van der Waals surface area contributed by atoms with Crippen LogP contribution in [-0.4, -0.2) is 17.3 Å². The molecule has 4 heteroatoms. The Morgan fingerprint density at radius 2 is 2.18 bits per heavy atom. The molecule has 0 aliphatic rings. The van der Waals surface area contributed by atoms with Gasteiger partial charge < -0.3 is 10.4 Å². The molecule has 1 aromatic rings. The monoisotopic (exact) mass is 303 g/mol. The van der Waals surface area contributed by atoms with Crippen molar-refractivity contribution in [1.29, 1.82) is 0 Å². The van der Waals surface area contributed by atoms with Crippen LogP contribution in [0.4, 0.5) is 4.39 Å². The second-order valence-corrected chi connectivity index (χ2v) is 5.33. The summed E-state index contributed by atoms with van der Waals surface area (Å²) in [7, 11) is 0. The van der Waals surface area contributed by atoms with Crippen molar-refractivity contribution in [2.24, 2.45) is 0 Å². The Labute approximate surface area is 110 Å². The van der Waals surface area contributed by atoms with Gasteiger partial charge in [-0.2, -0.15) is 0 Å². The van der Waals surface area contributed by atoms with E-state index in [9.17, 15) is 4.39 Å². The van der Waals surface area contributed by atoms with Crippen LogP contribution < -0.4 is 5.32 Å². The maximum absolute atomic E-state index is 12.9. The Balaban J connectivity index is 2.65.